The van der Waals surface area contributed by atoms with Gasteiger partial charge in [-0.05, 0) is 207 Å². The van der Waals surface area contributed by atoms with E-state index in [1.165, 1.54) is 226 Å². The minimum Gasteiger partial charge on any atom is -0.392 e. The Kier molecular flexibility index (Phi) is 52.8. The van der Waals surface area contributed by atoms with Crippen molar-refractivity contribution in [3.05, 3.63) is 0 Å². The van der Waals surface area contributed by atoms with Gasteiger partial charge in [-0.2, -0.15) is 0 Å². The Morgan fingerprint density at radius 1 is 0.344 bits per heavy atom. The molecule has 0 aromatic heterocycles. The minimum atomic E-state index is -2.34. The summed E-state index contributed by atoms with van der Waals surface area (Å²) in [6.07, 6.45) is 41.3. The van der Waals surface area contributed by atoms with Crippen LogP contribution in [-0.4, -0.2) is 130 Å². The first-order valence-electron chi connectivity index (χ1n) is 40.6. The van der Waals surface area contributed by atoms with Crippen LogP contribution in [0.5, 0.6) is 0 Å². The molecule has 0 aliphatic heterocycles. The van der Waals surface area contributed by atoms with Crippen LogP contribution >= 0.6 is 0 Å². The predicted octanol–water partition coefficient (Wildman–Crippen LogP) is 18.6. The third-order valence-corrected chi connectivity index (χ3v) is 20.2. The maximum atomic E-state index is 12.4. The van der Waals surface area contributed by atoms with E-state index in [-0.39, 0.29) is 24.9 Å². The van der Waals surface area contributed by atoms with Crippen molar-refractivity contribution < 1.29 is 13.9 Å². The lowest BCUT2D eigenvalue weighted by atomic mass is 9.74. The highest BCUT2D eigenvalue weighted by Gasteiger charge is 2.44. The summed E-state index contributed by atoms with van der Waals surface area (Å²) in [5, 5.41) is 40.0. The second-order valence-electron chi connectivity index (χ2n) is 34.5. The summed E-state index contributed by atoms with van der Waals surface area (Å²) in [6.45, 7) is 54.2. The topological polar surface area (TPSA) is 128 Å². The maximum absolute atomic E-state index is 12.4. The zero-order chi connectivity index (χ0) is 69.6. The molecule has 1 atom stereocenters. The van der Waals surface area contributed by atoms with Gasteiger partial charge in [0.15, 0.2) is 0 Å². The lowest BCUT2D eigenvalue weighted by Crippen LogP contribution is -2.37. The zero-order valence-electron chi connectivity index (χ0n) is 66.0. The van der Waals surface area contributed by atoms with Gasteiger partial charge >= 0.3 is 0 Å². The molecule has 9 rings (SSSR count). The van der Waals surface area contributed by atoms with Gasteiger partial charge in [0.05, 0.1) is 6.10 Å². The number of alkyl halides is 2. The first-order valence-corrected chi connectivity index (χ1v) is 40.6. The van der Waals surface area contributed by atoms with Crippen LogP contribution in [-0.2, 0) is 0 Å². The molecule has 0 saturated heterocycles. The van der Waals surface area contributed by atoms with Crippen LogP contribution in [0.2, 0.25) is 0 Å². The second kappa shape index (κ2) is 54.2. The second-order valence-corrected chi connectivity index (χ2v) is 34.5. The standard InChI is InChI=1S/C11H23N.2C10H21N.C9H17F2N.2C9H19N.C8H17NO.C8H17N.C7H15N/c1-10(2)12-9-8-11-6-4-3-5-7-11;1-8(2)11-5-4-10-6-9(3)7-10;1-9(2)11-8-7-10-5-3-4-6-10;1-7(2)12-4-3-8-5-9(10,11)6-8;1-8(2)10-7-6-9(3)4-5-9;1-8(2)10-7-6-9-4-3-5-9;1-6(2)9-5-8(10)7-3-4-7;1-7(2)9-6-5-8-3-4-8;1-6(2)8-5-7-3-4-7/h10-12H,3-9H2,1-2H3;8-11H,4-7H2,1-3H3;9-11H,3-8H2,1-2H3;7-8,12H,3-6H2,1-2H3;8,10H,4-7H2,1-3H3;8-10H,3-7H2,1-2H3;6-10H,3-5H2,1-2H3;7-9H,3-6H2,1-2H3;6-8H,3-5H2,1-2H3. The molecule has 9 fully saturated rings. The lowest BCUT2D eigenvalue weighted by molar-refractivity contribution is -0.111. The molecule has 0 aromatic rings. The van der Waals surface area contributed by atoms with Crippen LogP contribution in [0.1, 0.15) is 338 Å². The first kappa shape index (κ1) is 90.5. The molecule has 12 heteroatoms. The Bertz CT molecular complexity index is 1610. The number of hydrogen-bond donors (Lipinski definition) is 10. The molecule has 10 N–H and O–H groups in total. The fourth-order valence-corrected chi connectivity index (χ4v) is 12.6. The van der Waals surface area contributed by atoms with Crippen molar-refractivity contribution in [3.63, 3.8) is 0 Å². The van der Waals surface area contributed by atoms with Gasteiger partial charge in [-0.15, -0.1) is 0 Å². The predicted molar refractivity (Wildman–Crippen MR) is 408 cm³/mol. The highest BCUT2D eigenvalue weighted by atomic mass is 19.3. The third-order valence-electron chi connectivity index (χ3n) is 20.2. The van der Waals surface area contributed by atoms with E-state index in [1.807, 2.05) is 0 Å². The number of aliphatic hydroxyl groups excluding tert-OH is 1. The van der Waals surface area contributed by atoms with Gasteiger partial charge in [0, 0.05) is 73.8 Å². The molecule has 0 spiro atoms. The molecule has 0 aromatic carbocycles. The molecule has 1 unspecified atom stereocenters. The van der Waals surface area contributed by atoms with Crippen molar-refractivity contribution in [2.24, 2.45) is 58.7 Å². The van der Waals surface area contributed by atoms with Crippen molar-refractivity contribution in [3.8, 4) is 0 Å². The van der Waals surface area contributed by atoms with E-state index >= 15 is 0 Å². The van der Waals surface area contributed by atoms with Crippen molar-refractivity contribution in [2.45, 2.75) is 404 Å². The van der Waals surface area contributed by atoms with E-state index in [9.17, 15) is 13.9 Å². The highest BCUT2D eigenvalue weighted by molar-refractivity contribution is 4.89. The fraction of sp³-hybridized carbons (Fsp3) is 1.00. The number of rotatable bonds is 35. The van der Waals surface area contributed by atoms with Crippen LogP contribution in [0, 0.1) is 58.7 Å². The van der Waals surface area contributed by atoms with E-state index < -0.39 is 5.92 Å². The van der Waals surface area contributed by atoms with E-state index in [2.05, 4.69) is 186 Å². The Hall–Kier alpha value is -0.540. The van der Waals surface area contributed by atoms with E-state index in [4.69, 9.17) is 0 Å². The molecule has 0 amide bonds. The summed E-state index contributed by atoms with van der Waals surface area (Å²) in [5.74, 6) is 5.81. The zero-order valence-corrected chi connectivity index (χ0v) is 66.0. The molecule has 0 bridgehead atoms. The summed E-state index contributed by atoms with van der Waals surface area (Å²) < 4.78 is 24.7. The highest BCUT2D eigenvalue weighted by Crippen LogP contribution is 2.48. The Morgan fingerprint density at radius 2 is 0.645 bits per heavy atom. The van der Waals surface area contributed by atoms with Gasteiger partial charge in [0.2, 0.25) is 5.92 Å². The van der Waals surface area contributed by atoms with E-state index in [1.54, 1.807) is 0 Å². The van der Waals surface area contributed by atoms with Gasteiger partial charge < -0.3 is 53.0 Å². The van der Waals surface area contributed by atoms with Gasteiger partial charge in [-0.1, -0.05) is 228 Å². The third kappa shape index (κ3) is 61.1. The van der Waals surface area contributed by atoms with Gasteiger partial charge in [0.1, 0.15) is 0 Å². The van der Waals surface area contributed by atoms with Gasteiger partial charge in [-0.3, -0.25) is 0 Å². The van der Waals surface area contributed by atoms with E-state index in [0.29, 0.717) is 60.3 Å². The molecule has 10 nitrogen and oxygen atoms in total. The molecular formula is C81H169F2N9O. The fourth-order valence-electron chi connectivity index (χ4n) is 12.6. The monoisotopic (exact) mass is 1320 g/mol. The van der Waals surface area contributed by atoms with Crippen LogP contribution < -0.4 is 47.9 Å². The molecular weight excluding hydrogens is 1150 g/mol. The SMILES string of the molecule is CC(C)NCC(O)C1CC1.CC(C)NCC1CC1.CC(C)NCCC1(C)CC1.CC(C)NCCC1CC(F)(F)C1.CC(C)NCCC1CC1.CC(C)NCCC1CCC1.CC(C)NCCC1CCCC1.CC(C)NCCC1CCCCC1.CC1CC(CCNC(C)C)C1. The van der Waals surface area contributed by atoms with Crippen molar-refractivity contribution >= 4 is 0 Å². The summed E-state index contributed by atoms with van der Waals surface area (Å²) in [7, 11) is 0. The van der Waals surface area contributed by atoms with E-state index in [0.717, 1.165) is 66.4 Å². The molecule has 0 heterocycles. The maximum Gasteiger partial charge on any atom is 0.248 e. The van der Waals surface area contributed by atoms with Crippen LogP contribution in [0.3, 0.4) is 0 Å². The number of nitrogens with one attached hydrogen (secondary N) is 9. The lowest BCUT2D eigenvalue weighted by Gasteiger charge is -2.35. The number of hydrogen-bond acceptors (Lipinski definition) is 10. The van der Waals surface area contributed by atoms with Crippen molar-refractivity contribution in [2.75, 3.05) is 58.9 Å². The molecule has 9 aliphatic carbocycles. The Balaban J connectivity index is 0.000000524. The quantitative estimate of drug-likeness (QED) is 0.0300. The molecule has 0 radical (unpaired) electrons. The summed E-state index contributed by atoms with van der Waals surface area (Å²) in [5.41, 5.74) is 0.724. The molecule has 558 valence electrons. The van der Waals surface area contributed by atoms with Crippen LogP contribution in [0.25, 0.3) is 0 Å². The molecule has 93 heavy (non-hydrogen) atoms. The normalized spacial score (nSPS) is 21.8. The first-order chi connectivity index (χ1) is 43.9. The molecule has 9 saturated carbocycles. The largest absolute Gasteiger partial charge is 0.392 e. The Morgan fingerprint density at radius 3 is 0.925 bits per heavy atom. The average Bonchev–Trinajstić information content (AvgIpc) is 1.75. The number of halogens is 2. The Labute approximate surface area is 580 Å². The smallest absolute Gasteiger partial charge is 0.248 e. The average molecular weight is 1320 g/mol. The van der Waals surface area contributed by atoms with Gasteiger partial charge in [0.25, 0.3) is 0 Å². The summed E-state index contributed by atoms with van der Waals surface area (Å²) >= 11 is 0. The minimum absolute atomic E-state index is 0.0950. The number of aliphatic hydroxyl groups is 1. The summed E-state index contributed by atoms with van der Waals surface area (Å²) in [6, 6.07) is 5.61. The van der Waals surface area contributed by atoms with Crippen LogP contribution in [0.15, 0.2) is 0 Å². The van der Waals surface area contributed by atoms with Crippen molar-refractivity contribution in [1.82, 2.24) is 47.9 Å². The van der Waals surface area contributed by atoms with Gasteiger partial charge in [-0.25, -0.2) is 8.78 Å². The summed E-state index contributed by atoms with van der Waals surface area (Å²) in [4.78, 5) is 0. The van der Waals surface area contributed by atoms with Crippen LogP contribution in [0.4, 0.5) is 8.78 Å². The molecule has 9 aliphatic rings. The van der Waals surface area contributed by atoms with Crippen molar-refractivity contribution in [1.29, 1.82) is 0 Å².